The number of likely N-dealkylation sites (tertiary alicyclic amines) is 1. The molecule has 0 radical (unpaired) electrons. The van der Waals surface area contributed by atoms with Crippen LogP contribution in [0.3, 0.4) is 0 Å². The zero-order valence-corrected chi connectivity index (χ0v) is 11.7. The van der Waals surface area contributed by atoms with E-state index in [1.807, 2.05) is 0 Å². The van der Waals surface area contributed by atoms with Gasteiger partial charge in [0.15, 0.2) is 0 Å². The quantitative estimate of drug-likeness (QED) is 0.883. The molecule has 1 aliphatic heterocycles. The average Bonchev–Trinajstić information content (AvgIpc) is 2.40. The SMILES string of the molecule is CCC(N)C(c1cccc(C)c1)N1CCCCC1. The van der Waals surface area contributed by atoms with Gasteiger partial charge in [0.25, 0.3) is 0 Å². The van der Waals surface area contributed by atoms with E-state index in [-0.39, 0.29) is 6.04 Å². The monoisotopic (exact) mass is 246 g/mol. The summed E-state index contributed by atoms with van der Waals surface area (Å²) >= 11 is 0. The van der Waals surface area contributed by atoms with Crippen molar-refractivity contribution >= 4 is 0 Å². The van der Waals surface area contributed by atoms with E-state index in [1.165, 1.54) is 43.5 Å². The molecule has 0 aliphatic carbocycles. The van der Waals surface area contributed by atoms with Crippen molar-refractivity contribution in [3.63, 3.8) is 0 Å². The Morgan fingerprint density at radius 3 is 2.56 bits per heavy atom. The molecule has 2 nitrogen and oxygen atoms in total. The van der Waals surface area contributed by atoms with Crippen LogP contribution in [0.25, 0.3) is 0 Å². The first-order valence-electron chi connectivity index (χ1n) is 7.28. The minimum Gasteiger partial charge on any atom is -0.326 e. The molecule has 100 valence electrons. The number of nitrogens with zero attached hydrogens (tertiary/aromatic N) is 1. The van der Waals surface area contributed by atoms with Crippen molar-refractivity contribution in [2.24, 2.45) is 5.73 Å². The first kappa shape index (κ1) is 13.6. The molecule has 0 amide bonds. The highest BCUT2D eigenvalue weighted by Crippen LogP contribution is 2.28. The Bertz CT molecular complexity index is 369. The molecular weight excluding hydrogens is 220 g/mol. The van der Waals surface area contributed by atoms with Gasteiger partial charge in [-0.05, 0) is 44.8 Å². The highest BCUT2D eigenvalue weighted by atomic mass is 15.2. The number of hydrogen-bond donors (Lipinski definition) is 1. The predicted octanol–water partition coefficient (Wildman–Crippen LogP) is 3.26. The van der Waals surface area contributed by atoms with E-state index >= 15 is 0 Å². The lowest BCUT2D eigenvalue weighted by molar-refractivity contribution is 0.140. The number of hydrogen-bond acceptors (Lipinski definition) is 2. The van der Waals surface area contributed by atoms with Gasteiger partial charge < -0.3 is 5.73 Å². The third kappa shape index (κ3) is 3.12. The maximum atomic E-state index is 6.39. The summed E-state index contributed by atoms with van der Waals surface area (Å²) in [5.74, 6) is 0. The van der Waals surface area contributed by atoms with Crippen LogP contribution in [0.1, 0.15) is 49.8 Å². The summed E-state index contributed by atoms with van der Waals surface area (Å²) in [6, 6.07) is 9.49. The van der Waals surface area contributed by atoms with Gasteiger partial charge in [-0.3, -0.25) is 4.90 Å². The smallest absolute Gasteiger partial charge is 0.0499 e. The predicted molar refractivity (Wildman–Crippen MR) is 77.6 cm³/mol. The summed E-state index contributed by atoms with van der Waals surface area (Å²) in [7, 11) is 0. The molecule has 2 rings (SSSR count). The van der Waals surface area contributed by atoms with E-state index in [0.29, 0.717) is 6.04 Å². The number of aryl methyl sites for hydroxylation is 1. The van der Waals surface area contributed by atoms with E-state index in [1.54, 1.807) is 0 Å². The van der Waals surface area contributed by atoms with Crippen molar-refractivity contribution in [3.05, 3.63) is 35.4 Å². The zero-order valence-electron chi connectivity index (χ0n) is 11.7. The lowest BCUT2D eigenvalue weighted by Crippen LogP contribution is -2.43. The van der Waals surface area contributed by atoms with Crippen LogP contribution in [0.5, 0.6) is 0 Å². The first-order chi connectivity index (χ1) is 8.72. The van der Waals surface area contributed by atoms with Gasteiger partial charge in [-0.2, -0.15) is 0 Å². The second-order valence-corrected chi connectivity index (χ2v) is 5.53. The van der Waals surface area contributed by atoms with E-state index in [4.69, 9.17) is 5.73 Å². The third-order valence-electron chi connectivity index (χ3n) is 4.04. The molecule has 1 aromatic carbocycles. The molecule has 1 saturated heterocycles. The van der Waals surface area contributed by atoms with E-state index in [0.717, 1.165) is 6.42 Å². The molecule has 2 unspecified atom stereocenters. The molecule has 1 fully saturated rings. The Labute approximate surface area is 111 Å². The minimum absolute atomic E-state index is 0.241. The Morgan fingerprint density at radius 2 is 1.94 bits per heavy atom. The third-order valence-corrected chi connectivity index (χ3v) is 4.04. The molecule has 2 atom stereocenters. The topological polar surface area (TPSA) is 29.3 Å². The van der Waals surface area contributed by atoms with Gasteiger partial charge in [0.05, 0.1) is 0 Å². The molecule has 2 N–H and O–H groups in total. The Balaban J connectivity index is 2.23. The van der Waals surface area contributed by atoms with Crippen molar-refractivity contribution in [2.75, 3.05) is 13.1 Å². The Morgan fingerprint density at radius 1 is 1.22 bits per heavy atom. The highest BCUT2D eigenvalue weighted by molar-refractivity contribution is 5.26. The molecule has 0 aromatic heterocycles. The molecule has 2 heteroatoms. The van der Waals surface area contributed by atoms with Crippen LogP contribution in [0.15, 0.2) is 24.3 Å². The molecule has 1 heterocycles. The molecular formula is C16H26N2. The molecule has 1 aliphatic rings. The molecule has 0 spiro atoms. The van der Waals surface area contributed by atoms with Gasteiger partial charge in [-0.1, -0.05) is 43.2 Å². The maximum Gasteiger partial charge on any atom is 0.0499 e. The Kier molecular flexibility index (Phi) is 4.79. The average molecular weight is 246 g/mol. The highest BCUT2D eigenvalue weighted by Gasteiger charge is 2.26. The summed E-state index contributed by atoms with van der Waals surface area (Å²) in [5.41, 5.74) is 9.11. The van der Waals surface area contributed by atoms with E-state index in [9.17, 15) is 0 Å². The zero-order chi connectivity index (χ0) is 13.0. The number of nitrogens with two attached hydrogens (primary N) is 1. The second-order valence-electron chi connectivity index (χ2n) is 5.53. The summed E-state index contributed by atoms with van der Waals surface area (Å²) in [6.07, 6.45) is 5.05. The van der Waals surface area contributed by atoms with Crippen LogP contribution in [-0.2, 0) is 0 Å². The van der Waals surface area contributed by atoms with Crippen LogP contribution in [-0.4, -0.2) is 24.0 Å². The van der Waals surface area contributed by atoms with Gasteiger partial charge in [0.2, 0.25) is 0 Å². The summed E-state index contributed by atoms with van der Waals surface area (Å²) in [5, 5.41) is 0. The van der Waals surface area contributed by atoms with Crippen molar-refractivity contribution in [3.8, 4) is 0 Å². The van der Waals surface area contributed by atoms with Gasteiger partial charge >= 0.3 is 0 Å². The largest absolute Gasteiger partial charge is 0.326 e. The summed E-state index contributed by atoms with van der Waals surface area (Å²) in [6.45, 7) is 6.75. The number of rotatable bonds is 4. The van der Waals surface area contributed by atoms with Crippen LogP contribution >= 0.6 is 0 Å². The standard InChI is InChI=1S/C16H26N2/c1-3-15(17)16(18-10-5-4-6-11-18)14-9-7-8-13(2)12-14/h7-9,12,15-16H,3-6,10-11,17H2,1-2H3. The number of benzene rings is 1. The van der Waals surface area contributed by atoms with Gasteiger partial charge in [-0.25, -0.2) is 0 Å². The Hall–Kier alpha value is -0.860. The van der Waals surface area contributed by atoms with Crippen LogP contribution in [0.2, 0.25) is 0 Å². The van der Waals surface area contributed by atoms with Crippen LogP contribution in [0, 0.1) is 6.92 Å². The summed E-state index contributed by atoms with van der Waals surface area (Å²) in [4.78, 5) is 2.59. The summed E-state index contributed by atoms with van der Waals surface area (Å²) < 4.78 is 0. The molecule has 18 heavy (non-hydrogen) atoms. The van der Waals surface area contributed by atoms with Crippen LogP contribution in [0.4, 0.5) is 0 Å². The fraction of sp³-hybridized carbons (Fsp3) is 0.625. The maximum absolute atomic E-state index is 6.39. The molecule has 0 saturated carbocycles. The second kappa shape index (κ2) is 6.35. The molecule has 1 aromatic rings. The normalized spacial score (nSPS) is 20.6. The lowest BCUT2D eigenvalue weighted by Gasteiger charge is -2.38. The number of piperidine rings is 1. The van der Waals surface area contributed by atoms with Gasteiger partial charge in [0, 0.05) is 12.1 Å². The van der Waals surface area contributed by atoms with Crippen molar-refractivity contribution in [1.82, 2.24) is 4.90 Å². The lowest BCUT2D eigenvalue weighted by atomic mass is 9.93. The van der Waals surface area contributed by atoms with Crippen molar-refractivity contribution in [1.29, 1.82) is 0 Å². The molecule has 0 bridgehead atoms. The fourth-order valence-corrected chi connectivity index (χ4v) is 3.00. The minimum atomic E-state index is 0.241. The van der Waals surface area contributed by atoms with E-state index < -0.39 is 0 Å². The van der Waals surface area contributed by atoms with Gasteiger partial charge in [-0.15, -0.1) is 0 Å². The first-order valence-corrected chi connectivity index (χ1v) is 7.28. The van der Waals surface area contributed by atoms with E-state index in [2.05, 4.69) is 43.0 Å². The van der Waals surface area contributed by atoms with Gasteiger partial charge in [0.1, 0.15) is 0 Å². The van der Waals surface area contributed by atoms with Crippen molar-refractivity contribution in [2.45, 2.75) is 51.6 Å². The van der Waals surface area contributed by atoms with Crippen molar-refractivity contribution < 1.29 is 0 Å². The fourth-order valence-electron chi connectivity index (χ4n) is 3.00. The van der Waals surface area contributed by atoms with Crippen LogP contribution < -0.4 is 5.73 Å².